The van der Waals surface area contributed by atoms with Crippen LogP contribution in [0.4, 0.5) is 5.69 Å². The predicted octanol–water partition coefficient (Wildman–Crippen LogP) is 4.31. The third-order valence-corrected chi connectivity index (χ3v) is 5.50. The van der Waals surface area contributed by atoms with Gasteiger partial charge in [-0.05, 0) is 42.5 Å². The zero-order valence-electron chi connectivity index (χ0n) is 16.7. The van der Waals surface area contributed by atoms with Crippen molar-refractivity contribution in [3.8, 4) is 0 Å². The van der Waals surface area contributed by atoms with Gasteiger partial charge in [-0.2, -0.15) is 0 Å². The first-order valence-electron chi connectivity index (χ1n) is 9.31. The van der Waals surface area contributed by atoms with Gasteiger partial charge in [0.1, 0.15) is 5.65 Å². The summed E-state index contributed by atoms with van der Waals surface area (Å²) in [6.45, 7) is 8.17. The van der Waals surface area contributed by atoms with Gasteiger partial charge >= 0.3 is 0 Å². The van der Waals surface area contributed by atoms with E-state index in [1.807, 2.05) is 38.1 Å². The minimum absolute atomic E-state index is 0.0469. The van der Waals surface area contributed by atoms with E-state index in [2.05, 4.69) is 30.2 Å². The van der Waals surface area contributed by atoms with Crippen molar-refractivity contribution < 1.29 is 4.79 Å². The summed E-state index contributed by atoms with van der Waals surface area (Å²) in [5, 5.41) is 3.05. The van der Waals surface area contributed by atoms with E-state index in [9.17, 15) is 9.59 Å². The maximum atomic E-state index is 12.4. The fraction of sp³-hybridized carbons (Fsp3) is 0.318. The molecular weight excluding hydrogens is 370 g/mol. The summed E-state index contributed by atoms with van der Waals surface area (Å²) in [5.74, 6) is 1.11. The Hall–Kier alpha value is -2.60. The van der Waals surface area contributed by atoms with Crippen LogP contribution in [-0.4, -0.2) is 21.0 Å². The van der Waals surface area contributed by atoms with E-state index in [0.29, 0.717) is 28.8 Å². The molecule has 3 aromatic rings. The number of thioether (sulfide) groups is 1. The van der Waals surface area contributed by atoms with E-state index < -0.39 is 0 Å². The van der Waals surface area contributed by atoms with Gasteiger partial charge in [0.2, 0.25) is 5.91 Å². The quantitative estimate of drug-likeness (QED) is 0.676. The molecule has 6 heteroatoms. The second-order valence-electron chi connectivity index (χ2n) is 7.26. The van der Waals surface area contributed by atoms with Gasteiger partial charge < -0.3 is 5.32 Å². The van der Waals surface area contributed by atoms with Crippen LogP contribution >= 0.6 is 11.8 Å². The molecule has 0 atom stereocenters. The molecule has 0 fully saturated rings. The minimum Gasteiger partial charge on any atom is -0.325 e. The monoisotopic (exact) mass is 395 g/mol. The van der Waals surface area contributed by atoms with Gasteiger partial charge in [-0.15, -0.1) is 11.8 Å². The number of nitrogens with one attached hydrogen (secondary N) is 1. The van der Waals surface area contributed by atoms with E-state index in [1.54, 1.807) is 10.6 Å². The van der Waals surface area contributed by atoms with Gasteiger partial charge in [0.15, 0.2) is 0 Å². The molecule has 1 amide bonds. The Kier molecular flexibility index (Phi) is 6.19. The van der Waals surface area contributed by atoms with Crippen molar-refractivity contribution in [3.63, 3.8) is 0 Å². The number of aryl methyl sites for hydroxylation is 2. The van der Waals surface area contributed by atoms with Gasteiger partial charge in [-0.3, -0.25) is 14.0 Å². The summed E-state index contributed by atoms with van der Waals surface area (Å²) < 4.78 is 1.54. The SMILES string of the molecule is Cc1ccc2nc(CSCC(=O)Nc3c(C)cccc3C(C)C)cc(=O)n2c1. The van der Waals surface area contributed by atoms with Crippen LogP contribution in [0.1, 0.15) is 42.1 Å². The number of carbonyl (C=O) groups excluding carboxylic acids is 1. The summed E-state index contributed by atoms with van der Waals surface area (Å²) in [6, 6.07) is 11.4. The molecule has 0 aliphatic carbocycles. The van der Waals surface area contributed by atoms with Crippen LogP contribution in [0, 0.1) is 13.8 Å². The fourth-order valence-corrected chi connectivity index (χ4v) is 3.81. The molecule has 0 saturated heterocycles. The third kappa shape index (κ3) is 4.62. The Morgan fingerprint density at radius 3 is 2.75 bits per heavy atom. The molecule has 0 spiro atoms. The lowest BCUT2D eigenvalue weighted by atomic mass is 9.98. The highest BCUT2D eigenvalue weighted by atomic mass is 32.2. The van der Waals surface area contributed by atoms with Crippen LogP contribution in [-0.2, 0) is 10.5 Å². The number of carbonyl (C=O) groups is 1. The summed E-state index contributed by atoms with van der Waals surface area (Å²) >= 11 is 1.45. The van der Waals surface area contributed by atoms with E-state index in [1.165, 1.54) is 17.8 Å². The second-order valence-corrected chi connectivity index (χ2v) is 8.24. The molecule has 0 aliphatic rings. The maximum absolute atomic E-state index is 12.4. The molecule has 0 aliphatic heterocycles. The van der Waals surface area contributed by atoms with E-state index in [-0.39, 0.29) is 11.5 Å². The molecule has 0 unspecified atom stereocenters. The van der Waals surface area contributed by atoms with Crippen LogP contribution in [0.3, 0.4) is 0 Å². The average Bonchev–Trinajstić information content (AvgIpc) is 2.64. The first-order chi connectivity index (χ1) is 13.3. The lowest BCUT2D eigenvalue weighted by molar-refractivity contribution is -0.113. The summed E-state index contributed by atoms with van der Waals surface area (Å²) in [6.07, 6.45) is 1.78. The van der Waals surface area contributed by atoms with Crippen LogP contribution in [0.5, 0.6) is 0 Å². The number of para-hydroxylation sites is 1. The van der Waals surface area contributed by atoms with E-state index in [0.717, 1.165) is 22.4 Å². The lowest BCUT2D eigenvalue weighted by Crippen LogP contribution is -2.17. The standard InChI is InChI=1S/C22H25N3O2S/c1-14(2)18-7-5-6-16(4)22(18)24-20(26)13-28-12-17-10-21(27)25-11-15(3)8-9-19(25)23-17/h5-11,14H,12-13H2,1-4H3,(H,24,26). The summed E-state index contributed by atoms with van der Waals surface area (Å²) in [5.41, 5.74) is 5.31. The smallest absolute Gasteiger partial charge is 0.258 e. The number of hydrogen-bond acceptors (Lipinski definition) is 4. The normalized spacial score (nSPS) is 11.2. The first-order valence-corrected chi connectivity index (χ1v) is 10.5. The maximum Gasteiger partial charge on any atom is 0.258 e. The second kappa shape index (κ2) is 8.61. The first kappa shape index (κ1) is 20.1. The zero-order chi connectivity index (χ0) is 20.3. The molecule has 3 rings (SSSR count). The van der Waals surface area contributed by atoms with Gasteiger partial charge in [-0.1, -0.05) is 38.1 Å². The van der Waals surface area contributed by atoms with Crippen molar-refractivity contribution in [1.82, 2.24) is 9.38 Å². The number of hydrogen-bond donors (Lipinski definition) is 1. The Morgan fingerprint density at radius 1 is 1.21 bits per heavy atom. The zero-order valence-corrected chi connectivity index (χ0v) is 17.5. The number of benzene rings is 1. The molecule has 1 N–H and O–H groups in total. The van der Waals surface area contributed by atoms with Gasteiger partial charge in [-0.25, -0.2) is 4.98 Å². The topological polar surface area (TPSA) is 63.5 Å². The van der Waals surface area contributed by atoms with Crippen molar-refractivity contribution >= 4 is 29.0 Å². The predicted molar refractivity (Wildman–Crippen MR) is 116 cm³/mol. The largest absolute Gasteiger partial charge is 0.325 e. The molecule has 146 valence electrons. The van der Waals surface area contributed by atoms with Crippen molar-refractivity contribution in [3.05, 3.63) is 75.3 Å². The third-order valence-electron chi connectivity index (χ3n) is 4.54. The van der Waals surface area contributed by atoms with Gasteiger partial charge in [0, 0.05) is 23.7 Å². The van der Waals surface area contributed by atoms with E-state index in [4.69, 9.17) is 0 Å². The average molecular weight is 396 g/mol. The minimum atomic E-state index is -0.102. The number of rotatable bonds is 6. The lowest BCUT2D eigenvalue weighted by Gasteiger charge is -2.16. The molecule has 5 nitrogen and oxygen atoms in total. The number of nitrogens with zero attached hydrogens (tertiary/aromatic N) is 2. The Bertz CT molecular complexity index is 1070. The van der Waals surface area contributed by atoms with Crippen LogP contribution in [0.2, 0.25) is 0 Å². The fourth-order valence-electron chi connectivity index (χ4n) is 3.10. The molecule has 28 heavy (non-hydrogen) atoms. The molecule has 0 bridgehead atoms. The number of pyridine rings is 1. The van der Waals surface area contributed by atoms with Gasteiger partial charge in [0.25, 0.3) is 5.56 Å². The number of amides is 1. The highest BCUT2D eigenvalue weighted by Gasteiger charge is 2.12. The Balaban J connectivity index is 1.64. The van der Waals surface area contributed by atoms with Gasteiger partial charge in [0.05, 0.1) is 11.4 Å². The van der Waals surface area contributed by atoms with Crippen molar-refractivity contribution in [2.45, 2.75) is 39.4 Å². The van der Waals surface area contributed by atoms with E-state index >= 15 is 0 Å². The highest BCUT2D eigenvalue weighted by molar-refractivity contribution is 7.99. The molecule has 2 aromatic heterocycles. The van der Waals surface area contributed by atoms with Crippen LogP contribution in [0.25, 0.3) is 5.65 Å². The Labute approximate surface area is 169 Å². The number of fused-ring (bicyclic) bond motifs is 1. The molecular formula is C22H25N3O2S. The summed E-state index contributed by atoms with van der Waals surface area (Å²) in [4.78, 5) is 29.2. The van der Waals surface area contributed by atoms with Crippen molar-refractivity contribution in [1.29, 1.82) is 0 Å². The molecule has 0 radical (unpaired) electrons. The van der Waals surface area contributed by atoms with Crippen molar-refractivity contribution in [2.75, 3.05) is 11.1 Å². The van der Waals surface area contributed by atoms with Crippen molar-refractivity contribution in [2.24, 2.45) is 0 Å². The highest BCUT2D eigenvalue weighted by Crippen LogP contribution is 2.27. The number of aromatic nitrogens is 2. The molecule has 2 heterocycles. The molecule has 0 saturated carbocycles. The van der Waals surface area contributed by atoms with Crippen LogP contribution in [0.15, 0.2) is 47.4 Å². The Morgan fingerprint density at radius 2 is 2.00 bits per heavy atom. The van der Waals surface area contributed by atoms with Crippen LogP contribution < -0.4 is 10.9 Å². The molecule has 1 aromatic carbocycles. The number of anilines is 1. The summed E-state index contributed by atoms with van der Waals surface area (Å²) in [7, 11) is 0.